The molecule has 0 bridgehead atoms. The average Bonchev–Trinajstić information content (AvgIpc) is 2.71. The molecule has 1 nitrogen and oxygen atoms in total. The minimum atomic E-state index is -0.104. The van der Waals surface area contributed by atoms with Gasteiger partial charge in [0.25, 0.3) is 0 Å². The summed E-state index contributed by atoms with van der Waals surface area (Å²) in [5.41, 5.74) is 11.8. The molecule has 2 aromatic rings. The van der Waals surface area contributed by atoms with Gasteiger partial charge >= 0.3 is 0 Å². The van der Waals surface area contributed by atoms with E-state index in [-0.39, 0.29) is 7.92 Å². The van der Waals surface area contributed by atoms with Gasteiger partial charge in [-0.05, 0) is 53.9 Å². The first-order chi connectivity index (χ1) is 12.8. The Morgan fingerprint density at radius 2 is 1.12 bits per heavy atom. The quantitative estimate of drug-likeness (QED) is 0.473. The Morgan fingerprint density at radius 1 is 0.615 bits per heavy atom. The lowest BCUT2D eigenvalue weighted by Crippen LogP contribution is -2.27. The molecule has 0 unspecified atom stereocenters. The lowest BCUT2D eigenvalue weighted by molar-refractivity contribution is 0.487. The molecule has 2 N–H and O–H groups in total. The molecule has 0 aromatic heterocycles. The van der Waals surface area contributed by atoms with E-state index in [9.17, 15) is 0 Å². The van der Waals surface area contributed by atoms with E-state index in [0.29, 0.717) is 0 Å². The van der Waals surface area contributed by atoms with E-state index in [1.54, 1.807) is 5.30 Å². The molecule has 4 rings (SSSR count). The van der Waals surface area contributed by atoms with Gasteiger partial charge < -0.3 is 5.73 Å². The van der Waals surface area contributed by atoms with Crippen molar-refractivity contribution >= 4 is 18.9 Å². The number of para-hydroxylation sites is 1. The van der Waals surface area contributed by atoms with Gasteiger partial charge in [0, 0.05) is 11.3 Å². The predicted octanol–water partition coefficient (Wildman–Crippen LogP) is 6.71. The first-order valence-corrected chi connectivity index (χ1v) is 12.0. The van der Waals surface area contributed by atoms with Crippen LogP contribution in [0.15, 0.2) is 48.5 Å². The van der Waals surface area contributed by atoms with E-state index in [1.807, 2.05) is 6.07 Å². The van der Waals surface area contributed by atoms with Crippen LogP contribution in [0.2, 0.25) is 0 Å². The van der Waals surface area contributed by atoms with Crippen molar-refractivity contribution in [1.82, 2.24) is 0 Å². The maximum atomic E-state index is 6.39. The molecule has 2 aromatic carbocycles. The summed E-state index contributed by atoms with van der Waals surface area (Å²) >= 11 is 0. The van der Waals surface area contributed by atoms with Crippen LogP contribution in [-0.4, -0.2) is 11.3 Å². The zero-order chi connectivity index (χ0) is 17.8. The summed E-state index contributed by atoms with van der Waals surface area (Å²) in [6.45, 7) is 0. The molecular weight excluding hydrogens is 333 g/mol. The van der Waals surface area contributed by atoms with Gasteiger partial charge in [0.1, 0.15) is 0 Å². The molecule has 0 spiro atoms. The van der Waals surface area contributed by atoms with Crippen LogP contribution in [0.5, 0.6) is 0 Å². The number of rotatable bonds is 4. The highest BCUT2D eigenvalue weighted by molar-refractivity contribution is 7.67. The third kappa shape index (κ3) is 3.84. The summed E-state index contributed by atoms with van der Waals surface area (Å²) in [5, 5.41) is 1.64. The lowest BCUT2D eigenvalue weighted by Gasteiger charge is -2.39. The first-order valence-electron chi connectivity index (χ1n) is 10.6. The minimum Gasteiger partial charge on any atom is -0.398 e. The number of nitrogens with two attached hydrogens (primary N) is 1. The van der Waals surface area contributed by atoms with Gasteiger partial charge in [-0.3, -0.25) is 0 Å². The second-order valence-electron chi connectivity index (χ2n) is 8.10. The van der Waals surface area contributed by atoms with Gasteiger partial charge in [0.05, 0.1) is 0 Å². The van der Waals surface area contributed by atoms with Crippen molar-refractivity contribution in [3.8, 4) is 11.1 Å². The van der Waals surface area contributed by atoms with Crippen molar-refractivity contribution in [2.24, 2.45) is 0 Å². The van der Waals surface area contributed by atoms with E-state index < -0.39 is 0 Å². The fourth-order valence-electron chi connectivity index (χ4n) is 5.08. The molecule has 0 radical (unpaired) electrons. The van der Waals surface area contributed by atoms with Crippen LogP contribution in [-0.2, 0) is 0 Å². The molecule has 0 heterocycles. The molecule has 0 saturated heterocycles. The fourth-order valence-corrected chi connectivity index (χ4v) is 9.04. The van der Waals surface area contributed by atoms with E-state index in [0.717, 1.165) is 17.0 Å². The normalized spacial score (nSPS) is 19.7. The third-order valence-corrected chi connectivity index (χ3v) is 9.92. The fraction of sp³-hybridized carbons (Fsp3) is 0.500. The maximum Gasteiger partial charge on any atom is 0.0393 e. The SMILES string of the molecule is Nc1ccccc1-c1ccccc1P(C1CCCCC1)C1CCCCC1. The van der Waals surface area contributed by atoms with Gasteiger partial charge in [-0.1, -0.05) is 88.9 Å². The van der Waals surface area contributed by atoms with Crippen molar-refractivity contribution in [1.29, 1.82) is 0 Å². The summed E-state index contributed by atoms with van der Waals surface area (Å²) in [5.74, 6) is 0. The molecule has 2 fully saturated rings. The molecular formula is C24H32NP. The lowest BCUT2D eigenvalue weighted by atomic mass is 9.99. The molecule has 26 heavy (non-hydrogen) atoms. The van der Waals surface area contributed by atoms with Crippen molar-refractivity contribution in [2.45, 2.75) is 75.5 Å². The maximum absolute atomic E-state index is 6.39. The van der Waals surface area contributed by atoms with Crippen molar-refractivity contribution in [2.75, 3.05) is 5.73 Å². The summed E-state index contributed by atoms with van der Waals surface area (Å²) in [7, 11) is -0.104. The van der Waals surface area contributed by atoms with E-state index in [2.05, 4.69) is 42.5 Å². The van der Waals surface area contributed by atoms with Crippen LogP contribution in [0.4, 0.5) is 5.69 Å². The van der Waals surface area contributed by atoms with E-state index >= 15 is 0 Å². The molecule has 0 aliphatic heterocycles. The molecule has 0 amide bonds. The van der Waals surface area contributed by atoms with Crippen LogP contribution in [0, 0.1) is 0 Å². The van der Waals surface area contributed by atoms with Crippen molar-refractivity contribution < 1.29 is 0 Å². The Kier molecular flexibility index (Phi) is 5.95. The van der Waals surface area contributed by atoms with Gasteiger partial charge in [0.15, 0.2) is 0 Å². The zero-order valence-electron chi connectivity index (χ0n) is 15.9. The highest BCUT2D eigenvalue weighted by Crippen LogP contribution is 2.56. The second kappa shape index (κ2) is 8.57. The Morgan fingerprint density at radius 3 is 1.69 bits per heavy atom. The van der Waals surface area contributed by atoms with Gasteiger partial charge in [-0.25, -0.2) is 0 Å². The van der Waals surface area contributed by atoms with E-state index in [4.69, 9.17) is 5.73 Å². The Balaban J connectivity index is 1.77. The number of hydrogen-bond donors (Lipinski definition) is 1. The van der Waals surface area contributed by atoms with Gasteiger partial charge in [-0.2, -0.15) is 0 Å². The van der Waals surface area contributed by atoms with Crippen LogP contribution in [0.3, 0.4) is 0 Å². The highest BCUT2D eigenvalue weighted by Gasteiger charge is 2.33. The molecule has 2 heteroatoms. The Bertz CT molecular complexity index is 696. The monoisotopic (exact) mass is 365 g/mol. The second-order valence-corrected chi connectivity index (χ2v) is 10.9. The summed E-state index contributed by atoms with van der Waals surface area (Å²) in [4.78, 5) is 0. The highest BCUT2D eigenvalue weighted by atomic mass is 31.1. The van der Waals surface area contributed by atoms with Crippen LogP contribution in [0.25, 0.3) is 11.1 Å². The predicted molar refractivity (Wildman–Crippen MR) is 117 cm³/mol. The molecule has 138 valence electrons. The largest absolute Gasteiger partial charge is 0.398 e. The average molecular weight is 366 g/mol. The Hall–Kier alpha value is -1.33. The molecule has 2 saturated carbocycles. The first kappa shape index (κ1) is 18.1. The van der Waals surface area contributed by atoms with Crippen molar-refractivity contribution in [3.63, 3.8) is 0 Å². The molecule has 0 atom stereocenters. The zero-order valence-corrected chi connectivity index (χ0v) is 16.8. The van der Waals surface area contributed by atoms with Crippen LogP contribution < -0.4 is 11.0 Å². The minimum absolute atomic E-state index is 0.104. The van der Waals surface area contributed by atoms with Crippen molar-refractivity contribution in [3.05, 3.63) is 48.5 Å². The topological polar surface area (TPSA) is 26.0 Å². The molecule has 2 aliphatic rings. The smallest absolute Gasteiger partial charge is 0.0393 e. The summed E-state index contributed by atoms with van der Waals surface area (Å²) in [6, 6.07) is 17.7. The number of nitrogen functional groups attached to an aromatic ring is 1. The van der Waals surface area contributed by atoms with E-state index in [1.165, 1.54) is 75.3 Å². The van der Waals surface area contributed by atoms with Crippen LogP contribution in [0.1, 0.15) is 64.2 Å². The molecule has 2 aliphatic carbocycles. The number of hydrogen-bond acceptors (Lipinski definition) is 1. The van der Waals surface area contributed by atoms with Gasteiger partial charge in [-0.15, -0.1) is 0 Å². The Labute approximate surface area is 160 Å². The number of anilines is 1. The number of benzene rings is 2. The summed E-state index contributed by atoms with van der Waals surface area (Å²) in [6.07, 6.45) is 14.4. The standard InChI is InChI=1S/C24H32NP/c25-23-17-9-7-15-21(23)22-16-8-10-18-24(22)26(19-11-3-1-4-12-19)20-13-5-2-6-14-20/h7-10,15-20H,1-6,11-14,25H2. The van der Waals surface area contributed by atoms with Crippen LogP contribution >= 0.6 is 7.92 Å². The third-order valence-electron chi connectivity index (χ3n) is 6.37. The summed E-state index contributed by atoms with van der Waals surface area (Å²) < 4.78 is 0. The van der Waals surface area contributed by atoms with Gasteiger partial charge in [0.2, 0.25) is 0 Å².